The van der Waals surface area contributed by atoms with Gasteiger partial charge in [0.1, 0.15) is 5.51 Å². The maximum atomic E-state index is 11.7. The van der Waals surface area contributed by atoms with Crippen LogP contribution in [0.2, 0.25) is 0 Å². The zero-order chi connectivity index (χ0) is 14.5. The molecule has 0 aliphatic rings. The van der Waals surface area contributed by atoms with Crippen molar-refractivity contribution in [2.45, 2.75) is 4.34 Å². The lowest BCUT2D eigenvalue weighted by Gasteiger charge is -2.06. The van der Waals surface area contributed by atoms with Gasteiger partial charge in [-0.25, -0.2) is 0 Å². The van der Waals surface area contributed by atoms with Crippen LogP contribution in [-0.4, -0.2) is 26.8 Å². The molecule has 2 rings (SSSR count). The lowest BCUT2D eigenvalue weighted by molar-refractivity contribution is -0.384. The summed E-state index contributed by atoms with van der Waals surface area (Å²) in [5, 5.41) is 20.7. The van der Waals surface area contributed by atoms with Crippen molar-refractivity contribution in [3.63, 3.8) is 0 Å². The number of carbonyl (C=O) groups is 1. The number of hydrogen-bond donors (Lipinski definition) is 1. The summed E-state index contributed by atoms with van der Waals surface area (Å²) in [5.74, 6) is -0.0294. The molecule has 0 saturated carbocycles. The Hall–Kier alpha value is -1.52. The van der Waals surface area contributed by atoms with Crippen molar-refractivity contribution in [3.05, 3.63) is 38.3 Å². The summed E-state index contributed by atoms with van der Waals surface area (Å²) >= 11 is 5.82. The molecule has 1 aromatic heterocycles. The lowest BCUT2D eigenvalue weighted by atomic mass is 10.3. The summed E-state index contributed by atoms with van der Waals surface area (Å²) in [7, 11) is 0. The summed E-state index contributed by atoms with van der Waals surface area (Å²) in [6.45, 7) is 0. The highest BCUT2D eigenvalue weighted by Crippen LogP contribution is 2.27. The van der Waals surface area contributed by atoms with E-state index in [-0.39, 0.29) is 17.3 Å². The summed E-state index contributed by atoms with van der Waals surface area (Å²) in [6, 6.07) is 4.15. The summed E-state index contributed by atoms with van der Waals surface area (Å²) in [6.07, 6.45) is 0. The van der Waals surface area contributed by atoms with Gasteiger partial charge in [-0.15, -0.1) is 10.2 Å². The summed E-state index contributed by atoms with van der Waals surface area (Å²) in [5.41, 5.74) is 2.03. The number of anilines is 1. The van der Waals surface area contributed by atoms with Gasteiger partial charge in [0.25, 0.3) is 5.69 Å². The fourth-order valence-electron chi connectivity index (χ4n) is 1.26. The smallest absolute Gasteiger partial charge is 0.270 e. The van der Waals surface area contributed by atoms with E-state index < -0.39 is 4.92 Å². The van der Waals surface area contributed by atoms with Gasteiger partial charge in [0.2, 0.25) is 5.91 Å². The highest BCUT2D eigenvalue weighted by Gasteiger charge is 2.11. The molecule has 104 valence electrons. The van der Waals surface area contributed by atoms with E-state index >= 15 is 0 Å². The topological polar surface area (TPSA) is 98.0 Å². The maximum absolute atomic E-state index is 11.7. The van der Waals surface area contributed by atoms with Gasteiger partial charge in [0.05, 0.1) is 16.4 Å². The Morgan fingerprint density at radius 2 is 2.35 bits per heavy atom. The Labute approximate surface area is 130 Å². The highest BCUT2D eigenvalue weighted by atomic mass is 79.9. The molecule has 0 aliphatic carbocycles. The van der Waals surface area contributed by atoms with Crippen molar-refractivity contribution in [1.29, 1.82) is 0 Å². The van der Waals surface area contributed by atoms with Gasteiger partial charge < -0.3 is 5.32 Å². The normalized spacial score (nSPS) is 10.2. The maximum Gasteiger partial charge on any atom is 0.270 e. The number of thioether (sulfide) groups is 1. The Morgan fingerprint density at radius 3 is 2.95 bits per heavy atom. The third-order valence-corrected chi connectivity index (χ3v) is 4.62. The van der Waals surface area contributed by atoms with Crippen molar-refractivity contribution in [3.8, 4) is 0 Å². The SMILES string of the molecule is O=C(CSc1nncs1)Nc1ccc([N+](=O)[O-])cc1Br. The number of amides is 1. The number of nitrogens with one attached hydrogen (secondary N) is 1. The van der Waals surface area contributed by atoms with Gasteiger partial charge in [-0.05, 0) is 22.0 Å². The van der Waals surface area contributed by atoms with Gasteiger partial charge in [0, 0.05) is 16.6 Å². The quantitative estimate of drug-likeness (QED) is 0.490. The van der Waals surface area contributed by atoms with Crippen molar-refractivity contribution >= 4 is 56.3 Å². The molecule has 7 nitrogen and oxygen atoms in total. The van der Waals surface area contributed by atoms with E-state index in [1.165, 1.54) is 41.3 Å². The number of nitrogens with zero attached hydrogens (tertiary/aromatic N) is 3. The number of rotatable bonds is 5. The first-order chi connectivity index (χ1) is 9.56. The van der Waals surface area contributed by atoms with Crippen LogP contribution in [0, 0.1) is 10.1 Å². The molecule has 0 aliphatic heterocycles. The van der Waals surface area contributed by atoms with Crippen molar-refractivity contribution in [2.75, 3.05) is 11.1 Å². The fourth-order valence-corrected chi connectivity index (χ4v) is 3.01. The number of nitro benzene ring substituents is 1. The summed E-state index contributed by atoms with van der Waals surface area (Å²) < 4.78 is 1.17. The van der Waals surface area contributed by atoms with E-state index in [4.69, 9.17) is 0 Å². The van der Waals surface area contributed by atoms with Crippen LogP contribution in [0.3, 0.4) is 0 Å². The average molecular weight is 375 g/mol. The Bertz CT molecular complexity index is 635. The predicted molar refractivity (Wildman–Crippen MR) is 80.1 cm³/mol. The van der Waals surface area contributed by atoms with Gasteiger partial charge >= 0.3 is 0 Å². The number of carbonyl (C=O) groups excluding carboxylic acids is 1. The molecule has 0 fully saturated rings. The van der Waals surface area contributed by atoms with Crippen molar-refractivity contribution in [2.24, 2.45) is 0 Å². The number of benzene rings is 1. The molecule has 1 aromatic carbocycles. The molecule has 0 bridgehead atoms. The Balaban J connectivity index is 1.95. The molecule has 0 saturated heterocycles. The lowest BCUT2D eigenvalue weighted by Crippen LogP contribution is -2.14. The predicted octanol–water partition coefficient (Wildman–Crippen LogP) is 2.94. The van der Waals surface area contributed by atoms with Gasteiger partial charge in [0.15, 0.2) is 4.34 Å². The minimum atomic E-state index is -0.498. The van der Waals surface area contributed by atoms with Crippen LogP contribution in [0.25, 0.3) is 0 Å². The second-order valence-corrected chi connectivity index (χ2v) is 6.37. The standard InChI is InChI=1S/C10H7BrN4O3S2/c11-7-3-6(15(17)18)1-2-8(7)13-9(16)4-19-10-14-12-5-20-10/h1-3,5H,4H2,(H,13,16). The minimum absolute atomic E-state index is 0.0434. The van der Waals surface area contributed by atoms with Crippen LogP contribution in [-0.2, 0) is 4.79 Å². The first kappa shape index (κ1) is 14.9. The van der Waals surface area contributed by atoms with E-state index in [9.17, 15) is 14.9 Å². The molecule has 1 N–H and O–H groups in total. The highest BCUT2D eigenvalue weighted by molar-refractivity contribution is 9.10. The van der Waals surface area contributed by atoms with Crippen LogP contribution in [0.15, 0.2) is 32.5 Å². The number of hydrogen-bond acceptors (Lipinski definition) is 7. The molecule has 0 radical (unpaired) electrons. The molecular weight excluding hydrogens is 368 g/mol. The minimum Gasteiger partial charge on any atom is -0.324 e. The first-order valence-corrected chi connectivity index (χ1v) is 7.85. The molecule has 1 heterocycles. The average Bonchev–Trinajstić information content (AvgIpc) is 2.91. The van der Waals surface area contributed by atoms with Crippen LogP contribution >= 0.6 is 39.0 Å². The van der Waals surface area contributed by atoms with Crippen molar-refractivity contribution in [1.82, 2.24) is 10.2 Å². The number of non-ortho nitro benzene ring substituents is 1. The number of nitro groups is 1. The molecule has 20 heavy (non-hydrogen) atoms. The fraction of sp³-hybridized carbons (Fsp3) is 0.100. The van der Waals surface area contributed by atoms with Gasteiger partial charge in [-0.3, -0.25) is 14.9 Å². The molecule has 0 unspecified atom stereocenters. The van der Waals surface area contributed by atoms with E-state index in [1.807, 2.05) is 0 Å². The van der Waals surface area contributed by atoms with E-state index in [2.05, 4.69) is 31.4 Å². The monoisotopic (exact) mass is 374 g/mol. The zero-order valence-corrected chi connectivity index (χ0v) is 13.0. The van der Waals surface area contributed by atoms with Crippen LogP contribution in [0.5, 0.6) is 0 Å². The third-order valence-electron chi connectivity index (χ3n) is 2.10. The van der Waals surface area contributed by atoms with Gasteiger partial charge in [-0.2, -0.15) is 0 Å². The molecule has 2 aromatic rings. The molecule has 1 amide bonds. The van der Waals surface area contributed by atoms with Crippen LogP contribution in [0.1, 0.15) is 0 Å². The van der Waals surface area contributed by atoms with Crippen molar-refractivity contribution < 1.29 is 9.72 Å². The van der Waals surface area contributed by atoms with Crippen LogP contribution in [0.4, 0.5) is 11.4 Å². The third kappa shape index (κ3) is 3.99. The second-order valence-electron chi connectivity index (χ2n) is 3.46. The molecule has 0 atom stereocenters. The first-order valence-electron chi connectivity index (χ1n) is 5.19. The van der Waals surface area contributed by atoms with Crippen LogP contribution < -0.4 is 5.32 Å². The van der Waals surface area contributed by atoms with E-state index in [0.29, 0.717) is 14.5 Å². The second kappa shape index (κ2) is 6.77. The molecule has 10 heteroatoms. The van der Waals surface area contributed by atoms with E-state index in [1.54, 1.807) is 5.51 Å². The Kier molecular flexibility index (Phi) is 5.04. The number of aromatic nitrogens is 2. The van der Waals surface area contributed by atoms with Gasteiger partial charge in [-0.1, -0.05) is 23.1 Å². The van der Waals surface area contributed by atoms with E-state index in [0.717, 1.165) is 0 Å². The summed E-state index contributed by atoms with van der Waals surface area (Å²) in [4.78, 5) is 21.9. The molecule has 0 spiro atoms. The Morgan fingerprint density at radius 1 is 1.55 bits per heavy atom. The number of halogens is 1. The molecular formula is C10H7BrN4O3S2. The largest absolute Gasteiger partial charge is 0.324 e. The zero-order valence-electron chi connectivity index (χ0n) is 9.78.